The Hall–Kier alpha value is -1.86. The first-order valence-electron chi connectivity index (χ1n) is 8.15. The molecule has 27 heavy (non-hydrogen) atoms. The van der Waals surface area contributed by atoms with Crippen molar-refractivity contribution in [2.24, 2.45) is 4.99 Å². The summed E-state index contributed by atoms with van der Waals surface area (Å²) in [5.74, 6) is 3.50. The Balaban J connectivity index is 1.64. The molecule has 0 saturated heterocycles. The SMILES string of the molecule is Cc1[nH]cnc1CSCCNC(C[N+](=O)[O-])=NCCSCc1nnc(N)s1. The Morgan fingerprint density at radius 2 is 2.22 bits per heavy atom. The fraction of sp³-hybridized carbons (Fsp3) is 0.571. The number of aromatic amines is 1. The molecule has 2 rings (SSSR count). The third kappa shape index (κ3) is 8.58. The molecule has 0 aliphatic heterocycles. The number of amidine groups is 1. The number of hydrogen-bond acceptors (Lipinski definition) is 10. The number of nitrogens with two attached hydrogens (primary N) is 1. The number of H-pyrrole nitrogens is 1. The molecule has 2 aromatic heterocycles. The van der Waals surface area contributed by atoms with Gasteiger partial charge in [0, 0.05) is 40.2 Å². The van der Waals surface area contributed by atoms with Crippen LogP contribution in [0.15, 0.2) is 11.3 Å². The number of aromatic nitrogens is 4. The van der Waals surface area contributed by atoms with Crippen LogP contribution in [0.4, 0.5) is 5.13 Å². The molecule has 0 unspecified atom stereocenters. The van der Waals surface area contributed by atoms with Crippen molar-refractivity contribution in [3.8, 4) is 0 Å². The van der Waals surface area contributed by atoms with Crippen molar-refractivity contribution in [3.63, 3.8) is 0 Å². The molecule has 0 aromatic carbocycles. The van der Waals surface area contributed by atoms with Gasteiger partial charge < -0.3 is 16.0 Å². The summed E-state index contributed by atoms with van der Waals surface area (Å²) in [4.78, 5) is 22.0. The standard InChI is InChI=1S/C14H22N8O2S3/c1-10-11(19-9-18-10)7-25-4-2-16-12(6-22(23)24)17-3-5-26-8-13-20-21-14(15)27-13/h9H,2-8H2,1H3,(H2,15,21)(H,16,17)(H,18,19). The molecule has 0 atom stereocenters. The van der Waals surface area contributed by atoms with Crippen LogP contribution in [0.5, 0.6) is 0 Å². The van der Waals surface area contributed by atoms with Crippen LogP contribution in [0.2, 0.25) is 0 Å². The van der Waals surface area contributed by atoms with Crippen LogP contribution in [-0.2, 0) is 11.5 Å². The second-order valence-corrected chi connectivity index (χ2v) is 8.66. The maximum Gasteiger partial charge on any atom is 0.259 e. The largest absolute Gasteiger partial charge is 0.374 e. The highest BCUT2D eigenvalue weighted by Crippen LogP contribution is 2.17. The summed E-state index contributed by atoms with van der Waals surface area (Å²) >= 11 is 4.73. The molecule has 148 valence electrons. The van der Waals surface area contributed by atoms with Crippen LogP contribution in [0.3, 0.4) is 0 Å². The zero-order valence-electron chi connectivity index (χ0n) is 14.9. The Labute approximate surface area is 169 Å². The first-order valence-corrected chi connectivity index (χ1v) is 11.3. The van der Waals surface area contributed by atoms with Crippen LogP contribution in [-0.4, -0.2) is 62.1 Å². The number of aliphatic imine (C=N–C) groups is 1. The van der Waals surface area contributed by atoms with Gasteiger partial charge in [-0.25, -0.2) is 4.98 Å². The Bertz CT molecular complexity index is 748. The molecule has 0 saturated carbocycles. The van der Waals surface area contributed by atoms with Crippen molar-refractivity contribution < 1.29 is 4.92 Å². The normalized spacial score (nSPS) is 11.7. The van der Waals surface area contributed by atoms with E-state index in [-0.39, 0.29) is 11.5 Å². The molecule has 0 fully saturated rings. The highest BCUT2D eigenvalue weighted by Gasteiger charge is 2.07. The molecule has 0 aliphatic carbocycles. The van der Waals surface area contributed by atoms with Gasteiger partial charge in [-0.3, -0.25) is 15.1 Å². The summed E-state index contributed by atoms with van der Waals surface area (Å²) in [6.07, 6.45) is 1.68. The predicted molar refractivity (Wildman–Crippen MR) is 112 cm³/mol. The number of nitrogen functional groups attached to an aromatic ring is 1. The third-order valence-corrected chi connectivity index (χ3v) is 6.13. The van der Waals surface area contributed by atoms with Gasteiger partial charge in [-0.1, -0.05) is 11.3 Å². The Morgan fingerprint density at radius 1 is 1.41 bits per heavy atom. The first-order chi connectivity index (χ1) is 13.0. The van der Waals surface area contributed by atoms with E-state index in [4.69, 9.17) is 5.73 Å². The Morgan fingerprint density at radius 3 is 2.89 bits per heavy atom. The number of nitrogens with one attached hydrogen (secondary N) is 2. The predicted octanol–water partition coefficient (Wildman–Crippen LogP) is 1.58. The minimum absolute atomic E-state index is 0.291. The van der Waals surface area contributed by atoms with Crippen molar-refractivity contribution in [2.45, 2.75) is 18.4 Å². The van der Waals surface area contributed by atoms with Crippen molar-refractivity contribution in [2.75, 3.05) is 36.9 Å². The van der Waals surface area contributed by atoms with Gasteiger partial charge in [-0.2, -0.15) is 23.5 Å². The number of nitro groups is 1. The smallest absolute Gasteiger partial charge is 0.259 e. The third-order valence-electron chi connectivity index (χ3n) is 3.27. The van der Waals surface area contributed by atoms with E-state index in [2.05, 4.69) is 30.5 Å². The molecule has 0 bridgehead atoms. The summed E-state index contributed by atoms with van der Waals surface area (Å²) < 4.78 is 0. The zero-order valence-corrected chi connectivity index (χ0v) is 17.3. The van der Waals surface area contributed by atoms with E-state index in [1.54, 1.807) is 29.9 Å². The second-order valence-electron chi connectivity index (χ2n) is 5.36. The summed E-state index contributed by atoms with van der Waals surface area (Å²) in [6, 6.07) is 0. The monoisotopic (exact) mass is 430 g/mol. The van der Waals surface area contributed by atoms with Gasteiger partial charge in [0.2, 0.25) is 5.13 Å². The maximum atomic E-state index is 10.8. The molecule has 4 N–H and O–H groups in total. The molecular weight excluding hydrogens is 408 g/mol. The number of aryl methyl sites for hydroxylation is 1. The second kappa shape index (κ2) is 11.8. The number of anilines is 1. The van der Waals surface area contributed by atoms with Crippen LogP contribution < -0.4 is 11.1 Å². The van der Waals surface area contributed by atoms with Crippen molar-refractivity contribution in [1.29, 1.82) is 0 Å². The molecule has 0 aliphatic rings. The van der Waals surface area contributed by atoms with Gasteiger partial charge in [0.1, 0.15) is 5.01 Å². The van der Waals surface area contributed by atoms with Crippen LogP contribution in [0.25, 0.3) is 0 Å². The molecule has 0 spiro atoms. The fourth-order valence-corrected chi connectivity index (χ4v) is 4.35. The number of rotatable bonds is 12. The summed E-state index contributed by atoms with van der Waals surface area (Å²) in [7, 11) is 0. The van der Waals surface area contributed by atoms with Crippen LogP contribution in [0, 0.1) is 17.0 Å². The lowest BCUT2D eigenvalue weighted by Gasteiger charge is -2.07. The Kier molecular flexibility index (Phi) is 9.35. The van der Waals surface area contributed by atoms with Gasteiger partial charge in [0.05, 0.1) is 18.6 Å². The van der Waals surface area contributed by atoms with E-state index in [0.29, 0.717) is 29.8 Å². The lowest BCUT2D eigenvalue weighted by molar-refractivity contribution is -0.463. The molecule has 2 aromatic rings. The number of nitrogens with zero attached hydrogens (tertiary/aromatic N) is 5. The van der Waals surface area contributed by atoms with Crippen molar-refractivity contribution in [3.05, 3.63) is 32.8 Å². The lowest BCUT2D eigenvalue weighted by Crippen LogP contribution is -2.32. The number of hydrogen-bond donors (Lipinski definition) is 3. The van der Waals surface area contributed by atoms with E-state index >= 15 is 0 Å². The number of imidazole rings is 1. The maximum absolute atomic E-state index is 10.8. The van der Waals surface area contributed by atoms with Gasteiger partial charge in [0.25, 0.3) is 6.54 Å². The summed E-state index contributed by atoms with van der Waals surface area (Å²) in [6.45, 7) is 2.83. The van der Waals surface area contributed by atoms with E-state index < -0.39 is 0 Å². The minimum atomic E-state index is -0.372. The quantitative estimate of drug-likeness (QED) is 0.150. The van der Waals surface area contributed by atoms with Gasteiger partial charge in [0.15, 0.2) is 5.84 Å². The zero-order chi connectivity index (χ0) is 19.5. The molecule has 10 nitrogen and oxygen atoms in total. The summed E-state index contributed by atoms with van der Waals surface area (Å²) in [5.41, 5.74) is 7.64. The van der Waals surface area contributed by atoms with Crippen molar-refractivity contribution >= 4 is 45.8 Å². The van der Waals surface area contributed by atoms with E-state index in [1.807, 2.05) is 6.92 Å². The highest BCUT2D eigenvalue weighted by molar-refractivity contribution is 7.98. The lowest BCUT2D eigenvalue weighted by atomic mass is 10.4. The molecule has 0 amide bonds. The number of thioether (sulfide) groups is 2. The van der Waals surface area contributed by atoms with Gasteiger partial charge >= 0.3 is 0 Å². The van der Waals surface area contributed by atoms with Crippen LogP contribution in [0.1, 0.15) is 16.4 Å². The van der Waals surface area contributed by atoms with Crippen molar-refractivity contribution in [1.82, 2.24) is 25.5 Å². The molecule has 2 heterocycles. The molecule has 13 heteroatoms. The topological polar surface area (TPSA) is 148 Å². The average molecular weight is 431 g/mol. The van der Waals surface area contributed by atoms with E-state index in [0.717, 1.165) is 33.7 Å². The van der Waals surface area contributed by atoms with Crippen LogP contribution >= 0.6 is 34.9 Å². The van der Waals surface area contributed by atoms with E-state index in [9.17, 15) is 10.1 Å². The highest BCUT2D eigenvalue weighted by atomic mass is 32.2. The summed E-state index contributed by atoms with van der Waals surface area (Å²) in [5, 5.41) is 22.9. The van der Waals surface area contributed by atoms with Gasteiger partial charge in [-0.05, 0) is 6.92 Å². The first kappa shape index (κ1) is 21.4. The molecular formula is C14H22N8O2S3. The fourth-order valence-electron chi connectivity index (χ4n) is 1.98. The van der Waals surface area contributed by atoms with Gasteiger partial charge in [-0.15, -0.1) is 10.2 Å². The minimum Gasteiger partial charge on any atom is -0.374 e. The van der Waals surface area contributed by atoms with E-state index in [1.165, 1.54) is 11.3 Å². The average Bonchev–Trinajstić information content (AvgIpc) is 3.21. The molecule has 0 radical (unpaired) electrons.